The lowest BCUT2D eigenvalue weighted by Crippen LogP contribution is -2.17. The van der Waals surface area contributed by atoms with Gasteiger partial charge in [0.1, 0.15) is 5.00 Å². The number of rotatable bonds is 5. The topological polar surface area (TPSA) is 55.4 Å². The Balaban J connectivity index is 1.82. The van der Waals surface area contributed by atoms with Crippen molar-refractivity contribution in [1.29, 1.82) is 0 Å². The summed E-state index contributed by atoms with van der Waals surface area (Å²) in [6.45, 7) is 3.63. The Bertz CT molecular complexity index is 934. The molecule has 7 heteroatoms. The van der Waals surface area contributed by atoms with Crippen LogP contribution < -0.4 is 5.32 Å². The number of benzene rings is 1. The van der Waals surface area contributed by atoms with Crippen LogP contribution in [-0.4, -0.2) is 18.0 Å². The van der Waals surface area contributed by atoms with Gasteiger partial charge < -0.3 is 10.1 Å². The van der Waals surface area contributed by atoms with Gasteiger partial charge in [-0.2, -0.15) is 0 Å². The number of halogens is 2. The predicted octanol–water partition coefficient (Wildman–Crippen LogP) is 6.15. The van der Waals surface area contributed by atoms with Gasteiger partial charge in [0.05, 0.1) is 11.7 Å². The Morgan fingerprint density at radius 2 is 1.96 bits per heavy atom. The molecule has 0 atom stereocenters. The number of amides is 1. The van der Waals surface area contributed by atoms with E-state index in [1.807, 2.05) is 13.8 Å². The summed E-state index contributed by atoms with van der Waals surface area (Å²) in [4.78, 5) is 26.2. The molecule has 0 bridgehead atoms. The lowest BCUT2D eigenvalue weighted by Gasteiger charge is -2.14. The Morgan fingerprint density at radius 1 is 1.21 bits per heavy atom. The van der Waals surface area contributed by atoms with Gasteiger partial charge in [-0.25, -0.2) is 4.79 Å². The average Bonchev–Trinajstić information content (AvgIpc) is 2.98. The maximum Gasteiger partial charge on any atom is 0.341 e. The van der Waals surface area contributed by atoms with Gasteiger partial charge in [-0.1, -0.05) is 29.3 Å². The second-order valence-corrected chi connectivity index (χ2v) is 8.81. The van der Waals surface area contributed by atoms with E-state index in [4.69, 9.17) is 27.9 Å². The molecule has 4 nitrogen and oxygen atoms in total. The zero-order valence-corrected chi connectivity index (χ0v) is 18.0. The molecule has 28 heavy (non-hydrogen) atoms. The molecule has 0 aliphatic heterocycles. The van der Waals surface area contributed by atoms with Crippen molar-refractivity contribution < 1.29 is 14.3 Å². The molecule has 0 spiro atoms. The molecule has 0 radical (unpaired) electrons. The van der Waals surface area contributed by atoms with Gasteiger partial charge >= 0.3 is 5.97 Å². The van der Waals surface area contributed by atoms with E-state index >= 15 is 0 Å². The standard InChI is InChI=1S/C21H21Cl2NO3S/c1-12(2)27-21(26)19-15-5-3-4-6-17(15)28-20(19)24-18(25)10-8-13-7-9-14(22)11-16(13)23/h7-12H,3-6H2,1-2H3,(H,24,25). The first kappa shape index (κ1) is 20.9. The van der Waals surface area contributed by atoms with Crippen molar-refractivity contribution in [2.45, 2.75) is 45.6 Å². The van der Waals surface area contributed by atoms with Crippen molar-refractivity contribution in [2.75, 3.05) is 5.32 Å². The van der Waals surface area contributed by atoms with Crippen LogP contribution in [0.3, 0.4) is 0 Å². The number of carbonyl (C=O) groups is 2. The molecule has 148 valence electrons. The minimum Gasteiger partial charge on any atom is -0.459 e. The molecular weight excluding hydrogens is 417 g/mol. The van der Waals surface area contributed by atoms with Crippen LogP contribution in [0.4, 0.5) is 5.00 Å². The zero-order chi connectivity index (χ0) is 20.3. The quantitative estimate of drug-likeness (QED) is 0.450. The number of fused-ring (bicyclic) bond motifs is 1. The number of anilines is 1. The first-order valence-electron chi connectivity index (χ1n) is 9.14. The predicted molar refractivity (Wildman–Crippen MR) is 116 cm³/mol. The Kier molecular flexibility index (Phi) is 6.81. The lowest BCUT2D eigenvalue weighted by molar-refractivity contribution is -0.111. The Hall–Kier alpha value is -1.82. The highest BCUT2D eigenvalue weighted by molar-refractivity contribution is 7.17. The number of ether oxygens (including phenoxy) is 1. The van der Waals surface area contributed by atoms with Gasteiger partial charge in [0.2, 0.25) is 5.91 Å². The summed E-state index contributed by atoms with van der Waals surface area (Å²) in [6, 6.07) is 5.07. The van der Waals surface area contributed by atoms with Gasteiger partial charge in [-0.3, -0.25) is 4.79 Å². The first-order chi connectivity index (χ1) is 13.3. The van der Waals surface area contributed by atoms with Crippen molar-refractivity contribution in [3.05, 3.63) is 55.9 Å². The summed E-state index contributed by atoms with van der Waals surface area (Å²) < 4.78 is 5.41. The van der Waals surface area contributed by atoms with Crippen LogP contribution in [0.25, 0.3) is 6.08 Å². The highest BCUT2D eigenvalue weighted by atomic mass is 35.5. The zero-order valence-electron chi connectivity index (χ0n) is 15.7. The molecular formula is C21H21Cl2NO3S. The van der Waals surface area contributed by atoms with E-state index in [0.717, 1.165) is 36.1 Å². The molecule has 0 unspecified atom stereocenters. The maximum absolute atomic E-state index is 12.6. The number of esters is 1. The summed E-state index contributed by atoms with van der Waals surface area (Å²) in [5, 5.41) is 4.39. The van der Waals surface area contributed by atoms with E-state index in [1.165, 1.54) is 17.4 Å². The van der Waals surface area contributed by atoms with Crippen LogP contribution in [-0.2, 0) is 22.4 Å². The number of thiophene rings is 1. The number of hydrogen-bond donors (Lipinski definition) is 1. The summed E-state index contributed by atoms with van der Waals surface area (Å²) in [5.41, 5.74) is 2.20. The van der Waals surface area contributed by atoms with Crippen LogP contribution in [0, 0.1) is 0 Å². The second kappa shape index (κ2) is 9.12. The molecule has 0 fully saturated rings. The minimum absolute atomic E-state index is 0.220. The number of hydrogen-bond acceptors (Lipinski definition) is 4. The fourth-order valence-corrected chi connectivity index (χ4v) is 4.85. The van der Waals surface area contributed by atoms with Gasteiger partial charge in [0.15, 0.2) is 0 Å². The van der Waals surface area contributed by atoms with Crippen molar-refractivity contribution in [1.82, 2.24) is 0 Å². The Morgan fingerprint density at radius 3 is 2.68 bits per heavy atom. The third-order valence-corrected chi connectivity index (χ3v) is 6.10. The van der Waals surface area contributed by atoms with E-state index in [9.17, 15) is 9.59 Å². The molecule has 1 N–H and O–H groups in total. The first-order valence-corrected chi connectivity index (χ1v) is 10.7. The molecule has 0 saturated heterocycles. The summed E-state index contributed by atoms with van der Waals surface area (Å²) >= 11 is 13.5. The van der Waals surface area contributed by atoms with Gasteiger partial charge in [-0.05, 0) is 68.9 Å². The maximum atomic E-state index is 12.6. The highest BCUT2D eigenvalue weighted by Crippen LogP contribution is 2.38. The van der Waals surface area contributed by atoms with Crippen molar-refractivity contribution in [3.8, 4) is 0 Å². The molecule has 0 saturated carbocycles. The van der Waals surface area contributed by atoms with Crippen molar-refractivity contribution >= 4 is 57.5 Å². The third-order valence-electron chi connectivity index (χ3n) is 4.33. The largest absolute Gasteiger partial charge is 0.459 e. The van der Waals surface area contributed by atoms with Crippen molar-refractivity contribution in [2.24, 2.45) is 0 Å². The SMILES string of the molecule is CC(C)OC(=O)c1c(NC(=O)C=Cc2ccc(Cl)cc2Cl)sc2c1CCCC2. The molecule has 1 aromatic heterocycles. The highest BCUT2D eigenvalue weighted by Gasteiger charge is 2.27. The third kappa shape index (κ3) is 4.96. The van der Waals surface area contributed by atoms with Crippen LogP contribution in [0.15, 0.2) is 24.3 Å². The van der Waals surface area contributed by atoms with Gasteiger partial charge in [0.25, 0.3) is 0 Å². The molecule has 1 aliphatic rings. The second-order valence-electron chi connectivity index (χ2n) is 6.86. The molecule has 1 aliphatic carbocycles. The van der Waals surface area contributed by atoms with Crippen LogP contribution in [0.1, 0.15) is 53.1 Å². The monoisotopic (exact) mass is 437 g/mol. The van der Waals surface area contributed by atoms with E-state index in [2.05, 4.69) is 5.32 Å². The molecule has 2 aromatic rings. The number of nitrogens with one attached hydrogen (secondary N) is 1. The molecule has 1 amide bonds. The van der Waals surface area contributed by atoms with E-state index in [1.54, 1.807) is 24.3 Å². The van der Waals surface area contributed by atoms with E-state index in [-0.39, 0.29) is 18.0 Å². The average molecular weight is 438 g/mol. The van der Waals surface area contributed by atoms with E-state index in [0.29, 0.717) is 26.2 Å². The number of carbonyl (C=O) groups excluding carboxylic acids is 2. The van der Waals surface area contributed by atoms with E-state index < -0.39 is 0 Å². The summed E-state index contributed by atoms with van der Waals surface area (Å²) in [6.07, 6.45) is 6.68. The van der Waals surface area contributed by atoms with Crippen LogP contribution in [0.2, 0.25) is 10.0 Å². The fraction of sp³-hybridized carbons (Fsp3) is 0.333. The molecule has 3 rings (SSSR count). The van der Waals surface area contributed by atoms with Crippen LogP contribution >= 0.6 is 34.5 Å². The van der Waals surface area contributed by atoms with Gasteiger partial charge in [0, 0.05) is 21.0 Å². The minimum atomic E-state index is -0.380. The number of aryl methyl sites for hydroxylation is 1. The normalized spacial score (nSPS) is 13.6. The lowest BCUT2D eigenvalue weighted by atomic mass is 9.95. The summed E-state index contributed by atoms with van der Waals surface area (Å²) in [7, 11) is 0. The Labute approximate surface area is 178 Å². The van der Waals surface area contributed by atoms with Crippen molar-refractivity contribution in [3.63, 3.8) is 0 Å². The van der Waals surface area contributed by atoms with Gasteiger partial charge in [-0.15, -0.1) is 11.3 Å². The summed E-state index contributed by atoms with van der Waals surface area (Å²) in [5.74, 6) is -0.711. The fourth-order valence-electron chi connectivity index (χ4n) is 3.10. The molecule has 1 heterocycles. The smallest absolute Gasteiger partial charge is 0.341 e. The van der Waals surface area contributed by atoms with Crippen LogP contribution in [0.5, 0.6) is 0 Å². The molecule has 1 aromatic carbocycles.